The highest BCUT2D eigenvalue weighted by Crippen LogP contribution is 2.31. The summed E-state index contributed by atoms with van der Waals surface area (Å²) in [6, 6.07) is 0. The Balaban J connectivity index is 2.75. The van der Waals surface area contributed by atoms with Crippen molar-refractivity contribution in [2.45, 2.75) is 52.9 Å². The molecule has 0 aromatic rings. The number of hydrogen-bond acceptors (Lipinski definition) is 1. The molecule has 0 unspecified atom stereocenters. The Morgan fingerprint density at radius 2 is 2.14 bits per heavy atom. The van der Waals surface area contributed by atoms with Gasteiger partial charge in [0.2, 0.25) is 0 Å². The number of halogens is 1. The highest BCUT2D eigenvalue weighted by molar-refractivity contribution is 6.14. The smallest absolute Gasteiger partial charge is 0.0348 e. The van der Waals surface area contributed by atoms with Gasteiger partial charge in [0.15, 0.2) is 0 Å². The Labute approximate surface area is 93.2 Å². The summed E-state index contributed by atoms with van der Waals surface area (Å²) in [5.74, 6) is 0.656. The maximum Gasteiger partial charge on any atom is 0.0348 e. The Hall–Kier alpha value is -0.170. The maximum atomic E-state index is 6.23. The average Bonchev–Trinajstić information content (AvgIpc) is 2.15. The molecule has 0 aliphatic carbocycles. The van der Waals surface area contributed by atoms with E-state index in [0.717, 1.165) is 13.0 Å². The lowest BCUT2D eigenvalue weighted by Crippen LogP contribution is -2.22. The predicted molar refractivity (Wildman–Crippen MR) is 63.2 cm³/mol. The summed E-state index contributed by atoms with van der Waals surface area (Å²) in [4.78, 5) is 0. The van der Waals surface area contributed by atoms with Crippen LogP contribution >= 0.6 is 11.8 Å². The van der Waals surface area contributed by atoms with Crippen LogP contribution in [0, 0.1) is 5.92 Å². The molecule has 0 amide bonds. The lowest BCUT2D eigenvalue weighted by molar-refractivity contribution is 0.439. The topological polar surface area (TPSA) is 3.24 Å². The Bertz CT molecular complexity index is 208. The van der Waals surface area contributed by atoms with E-state index in [0.29, 0.717) is 5.92 Å². The van der Waals surface area contributed by atoms with E-state index < -0.39 is 0 Å². The standard InChI is InChI=1S/C12H22ClN/c1-4-5-8-12-11(10(2)3)7-6-9-14(12)13/h10H,4-9H2,1-3H3. The first-order valence-corrected chi connectivity index (χ1v) is 6.15. The van der Waals surface area contributed by atoms with E-state index in [1.165, 1.54) is 31.4 Å². The number of nitrogens with zero attached hydrogens (tertiary/aromatic N) is 1. The molecule has 0 saturated carbocycles. The number of rotatable bonds is 4. The van der Waals surface area contributed by atoms with Gasteiger partial charge < -0.3 is 0 Å². The van der Waals surface area contributed by atoms with Crippen LogP contribution in [0.3, 0.4) is 0 Å². The first-order valence-electron chi connectivity index (χ1n) is 5.82. The Morgan fingerprint density at radius 3 is 2.71 bits per heavy atom. The van der Waals surface area contributed by atoms with Gasteiger partial charge in [-0.2, -0.15) is 0 Å². The number of allylic oxidation sites excluding steroid dienone is 2. The van der Waals surface area contributed by atoms with Crippen LogP contribution in [0.1, 0.15) is 52.9 Å². The summed E-state index contributed by atoms with van der Waals surface area (Å²) < 4.78 is 1.95. The third-order valence-electron chi connectivity index (χ3n) is 2.93. The molecule has 1 aliphatic rings. The zero-order chi connectivity index (χ0) is 10.6. The van der Waals surface area contributed by atoms with Gasteiger partial charge in [0.25, 0.3) is 0 Å². The van der Waals surface area contributed by atoms with Gasteiger partial charge in [-0.15, -0.1) is 0 Å². The minimum Gasteiger partial charge on any atom is -0.289 e. The van der Waals surface area contributed by atoms with E-state index in [-0.39, 0.29) is 0 Å². The fourth-order valence-electron chi connectivity index (χ4n) is 2.09. The molecule has 0 bridgehead atoms. The molecule has 1 nitrogen and oxygen atoms in total. The summed E-state index contributed by atoms with van der Waals surface area (Å²) in [6.07, 6.45) is 6.13. The maximum absolute atomic E-state index is 6.23. The summed E-state index contributed by atoms with van der Waals surface area (Å²) in [5.41, 5.74) is 2.99. The van der Waals surface area contributed by atoms with Crippen molar-refractivity contribution in [1.29, 1.82) is 0 Å². The predicted octanol–water partition coefficient (Wildman–Crippen LogP) is 4.34. The van der Waals surface area contributed by atoms with Crippen molar-refractivity contribution < 1.29 is 0 Å². The van der Waals surface area contributed by atoms with Crippen LogP contribution in [0.4, 0.5) is 0 Å². The van der Waals surface area contributed by atoms with Crippen molar-refractivity contribution in [1.82, 2.24) is 4.42 Å². The molecule has 0 N–H and O–H groups in total. The van der Waals surface area contributed by atoms with Crippen molar-refractivity contribution >= 4 is 11.8 Å². The molecule has 0 aromatic carbocycles. The quantitative estimate of drug-likeness (QED) is 0.631. The second kappa shape index (κ2) is 5.65. The van der Waals surface area contributed by atoms with Crippen molar-refractivity contribution in [2.24, 2.45) is 5.92 Å². The molecule has 82 valence electrons. The van der Waals surface area contributed by atoms with Gasteiger partial charge in [-0.3, -0.25) is 4.42 Å². The van der Waals surface area contributed by atoms with E-state index in [2.05, 4.69) is 20.8 Å². The number of hydrogen-bond donors (Lipinski definition) is 0. The van der Waals surface area contributed by atoms with Crippen LogP contribution in [0.25, 0.3) is 0 Å². The largest absolute Gasteiger partial charge is 0.289 e. The second-order valence-corrected chi connectivity index (χ2v) is 4.83. The van der Waals surface area contributed by atoms with Gasteiger partial charge >= 0.3 is 0 Å². The minimum atomic E-state index is 0.656. The lowest BCUT2D eigenvalue weighted by atomic mass is 9.92. The van der Waals surface area contributed by atoms with E-state index in [4.69, 9.17) is 11.8 Å². The average molecular weight is 216 g/mol. The van der Waals surface area contributed by atoms with Crippen LogP contribution in [-0.4, -0.2) is 11.0 Å². The monoisotopic (exact) mass is 215 g/mol. The van der Waals surface area contributed by atoms with Crippen LogP contribution in [-0.2, 0) is 0 Å². The molecular formula is C12H22ClN. The van der Waals surface area contributed by atoms with Gasteiger partial charge in [-0.05, 0) is 37.2 Å². The van der Waals surface area contributed by atoms with Crippen LogP contribution < -0.4 is 0 Å². The van der Waals surface area contributed by atoms with E-state index >= 15 is 0 Å². The summed E-state index contributed by atoms with van der Waals surface area (Å²) in [6.45, 7) is 7.81. The third kappa shape index (κ3) is 2.91. The van der Waals surface area contributed by atoms with Crippen LogP contribution in [0.5, 0.6) is 0 Å². The molecule has 14 heavy (non-hydrogen) atoms. The molecule has 1 heterocycles. The van der Waals surface area contributed by atoms with Crippen LogP contribution in [0.15, 0.2) is 11.3 Å². The molecule has 0 saturated heterocycles. The van der Waals surface area contributed by atoms with E-state index in [1.807, 2.05) is 4.42 Å². The Morgan fingerprint density at radius 1 is 1.43 bits per heavy atom. The first-order chi connectivity index (χ1) is 6.66. The molecule has 0 spiro atoms. The van der Waals surface area contributed by atoms with Gasteiger partial charge in [-0.1, -0.05) is 27.2 Å². The molecule has 0 radical (unpaired) electrons. The first kappa shape index (κ1) is 11.9. The molecule has 0 fully saturated rings. The zero-order valence-electron chi connectivity index (χ0n) is 9.65. The fourth-order valence-corrected chi connectivity index (χ4v) is 2.40. The summed E-state index contributed by atoms with van der Waals surface area (Å²) >= 11 is 6.23. The highest BCUT2D eigenvalue weighted by Gasteiger charge is 2.19. The van der Waals surface area contributed by atoms with Gasteiger partial charge in [0, 0.05) is 24.0 Å². The summed E-state index contributed by atoms with van der Waals surface area (Å²) in [7, 11) is 0. The zero-order valence-corrected chi connectivity index (χ0v) is 10.4. The molecule has 0 atom stereocenters. The van der Waals surface area contributed by atoms with Crippen LogP contribution in [0.2, 0.25) is 0 Å². The lowest BCUT2D eigenvalue weighted by Gasteiger charge is -2.30. The molecule has 2 heteroatoms. The second-order valence-electron chi connectivity index (χ2n) is 4.42. The Kier molecular flexibility index (Phi) is 4.80. The third-order valence-corrected chi connectivity index (χ3v) is 3.30. The SMILES string of the molecule is CCCCC1=C(C(C)C)CCCN1Cl. The van der Waals surface area contributed by atoms with Gasteiger partial charge in [-0.25, -0.2) is 0 Å². The molecular weight excluding hydrogens is 194 g/mol. The van der Waals surface area contributed by atoms with Gasteiger partial charge in [0.05, 0.1) is 0 Å². The van der Waals surface area contributed by atoms with E-state index in [9.17, 15) is 0 Å². The van der Waals surface area contributed by atoms with Gasteiger partial charge in [0.1, 0.15) is 0 Å². The van der Waals surface area contributed by atoms with E-state index in [1.54, 1.807) is 5.57 Å². The van der Waals surface area contributed by atoms with Crippen molar-refractivity contribution in [3.63, 3.8) is 0 Å². The normalized spacial score (nSPS) is 18.2. The number of unbranched alkanes of at least 4 members (excludes halogenated alkanes) is 1. The molecule has 0 aromatic heterocycles. The molecule has 1 aliphatic heterocycles. The fraction of sp³-hybridized carbons (Fsp3) is 0.833. The summed E-state index contributed by atoms with van der Waals surface area (Å²) in [5, 5.41) is 0. The highest BCUT2D eigenvalue weighted by atomic mass is 35.5. The molecule has 1 rings (SSSR count). The van der Waals surface area contributed by atoms with Crippen molar-refractivity contribution in [3.8, 4) is 0 Å². The minimum absolute atomic E-state index is 0.656. The van der Waals surface area contributed by atoms with Crippen molar-refractivity contribution in [2.75, 3.05) is 6.54 Å². The van der Waals surface area contributed by atoms with Crippen molar-refractivity contribution in [3.05, 3.63) is 11.3 Å².